The van der Waals surface area contributed by atoms with Gasteiger partial charge >= 0.3 is 5.97 Å². The van der Waals surface area contributed by atoms with Crippen LogP contribution in [-0.4, -0.2) is 33.0 Å². The van der Waals surface area contributed by atoms with Crippen molar-refractivity contribution in [1.29, 1.82) is 0 Å². The maximum atomic E-state index is 13.0. The van der Waals surface area contributed by atoms with E-state index in [1.165, 1.54) is 7.11 Å². The maximum absolute atomic E-state index is 13.0. The van der Waals surface area contributed by atoms with Gasteiger partial charge in [0.05, 0.1) is 12.5 Å². The van der Waals surface area contributed by atoms with E-state index in [4.69, 9.17) is 4.74 Å². The third-order valence-corrected chi connectivity index (χ3v) is 5.85. The van der Waals surface area contributed by atoms with Gasteiger partial charge in [-0.2, -0.15) is 0 Å². The van der Waals surface area contributed by atoms with Gasteiger partial charge in [0.15, 0.2) is 5.78 Å². The SMILES string of the molecule is COC(=O)[C@@]1(C)CC[C@@H](C(=O)c2ccc(N(C)C)cc2)C1(C)C. The first-order valence-electron chi connectivity index (χ1n) is 8.05. The van der Waals surface area contributed by atoms with Crippen molar-refractivity contribution < 1.29 is 14.3 Å². The number of Topliss-reactive ketones (excluding diaryl/α,β-unsaturated/α-hetero) is 1. The number of esters is 1. The zero-order valence-corrected chi connectivity index (χ0v) is 15.0. The molecule has 1 fully saturated rings. The van der Waals surface area contributed by atoms with E-state index >= 15 is 0 Å². The molecule has 0 aliphatic heterocycles. The highest BCUT2D eigenvalue weighted by Crippen LogP contribution is 2.57. The van der Waals surface area contributed by atoms with Crippen LogP contribution in [0.3, 0.4) is 0 Å². The number of carbonyl (C=O) groups is 2. The second-order valence-electron chi connectivity index (χ2n) is 7.44. The molecule has 0 spiro atoms. The van der Waals surface area contributed by atoms with E-state index in [2.05, 4.69) is 0 Å². The molecule has 0 saturated heterocycles. The molecule has 2 atom stereocenters. The molecule has 1 aromatic carbocycles. The Morgan fingerprint density at radius 1 is 1.13 bits per heavy atom. The molecule has 4 heteroatoms. The Hall–Kier alpha value is -1.84. The van der Waals surface area contributed by atoms with Gasteiger partial charge in [-0.3, -0.25) is 9.59 Å². The first-order valence-corrected chi connectivity index (χ1v) is 8.05. The molecule has 0 radical (unpaired) electrons. The van der Waals surface area contributed by atoms with Crippen LogP contribution in [0.2, 0.25) is 0 Å². The average molecular weight is 317 g/mol. The minimum absolute atomic E-state index is 0.118. The number of hydrogen-bond acceptors (Lipinski definition) is 4. The molecule has 2 rings (SSSR count). The highest BCUT2D eigenvalue weighted by molar-refractivity contribution is 5.99. The molecule has 0 heterocycles. The maximum Gasteiger partial charge on any atom is 0.312 e. The summed E-state index contributed by atoms with van der Waals surface area (Å²) in [5.41, 5.74) is 0.720. The number of methoxy groups -OCH3 is 1. The van der Waals surface area contributed by atoms with Crippen molar-refractivity contribution in [2.75, 3.05) is 26.1 Å². The van der Waals surface area contributed by atoms with E-state index in [9.17, 15) is 9.59 Å². The fraction of sp³-hybridized carbons (Fsp3) is 0.579. The average Bonchev–Trinajstić information content (AvgIpc) is 2.77. The van der Waals surface area contributed by atoms with Gasteiger partial charge in [0, 0.05) is 31.3 Å². The van der Waals surface area contributed by atoms with E-state index in [1.54, 1.807) is 0 Å². The van der Waals surface area contributed by atoms with Gasteiger partial charge in [-0.25, -0.2) is 0 Å². The third kappa shape index (κ3) is 2.75. The summed E-state index contributed by atoms with van der Waals surface area (Å²) in [6, 6.07) is 7.66. The van der Waals surface area contributed by atoms with Gasteiger partial charge in [0.2, 0.25) is 0 Å². The van der Waals surface area contributed by atoms with Crippen LogP contribution in [-0.2, 0) is 9.53 Å². The molecular formula is C19H27NO3. The smallest absolute Gasteiger partial charge is 0.312 e. The topological polar surface area (TPSA) is 46.6 Å². The molecule has 1 aliphatic rings. The van der Waals surface area contributed by atoms with Crippen molar-refractivity contribution in [1.82, 2.24) is 0 Å². The third-order valence-electron chi connectivity index (χ3n) is 5.85. The second-order valence-corrected chi connectivity index (χ2v) is 7.44. The molecule has 0 N–H and O–H groups in total. The van der Waals surface area contributed by atoms with Crippen LogP contribution < -0.4 is 4.90 Å². The zero-order chi connectivity index (χ0) is 17.4. The minimum atomic E-state index is -0.619. The Kier molecular flexibility index (Phi) is 4.56. The van der Waals surface area contributed by atoms with Crippen molar-refractivity contribution in [3.05, 3.63) is 29.8 Å². The Balaban J connectivity index is 2.28. The Morgan fingerprint density at radius 3 is 2.17 bits per heavy atom. The van der Waals surface area contributed by atoms with Crippen LogP contribution in [0.5, 0.6) is 0 Å². The molecule has 4 nitrogen and oxygen atoms in total. The molecule has 0 bridgehead atoms. The monoisotopic (exact) mass is 317 g/mol. The Morgan fingerprint density at radius 2 is 1.70 bits per heavy atom. The first kappa shape index (κ1) is 17.5. The quantitative estimate of drug-likeness (QED) is 0.629. The standard InChI is InChI=1S/C19H27NO3/c1-18(2)15(11-12-19(18,3)17(22)23-6)16(21)13-7-9-14(10-8-13)20(4)5/h7-10,15H,11-12H2,1-6H3/t15-,19+/m0/s1. The lowest BCUT2D eigenvalue weighted by Gasteiger charge is -2.38. The van der Waals surface area contributed by atoms with Crippen molar-refractivity contribution in [3.8, 4) is 0 Å². The first-order chi connectivity index (χ1) is 10.6. The summed E-state index contributed by atoms with van der Waals surface area (Å²) in [7, 11) is 5.36. The van der Waals surface area contributed by atoms with E-state index in [0.29, 0.717) is 18.4 Å². The number of carbonyl (C=O) groups excluding carboxylic acids is 2. The molecule has 126 valence electrons. The van der Waals surface area contributed by atoms with Crippen molar-refractivity contribution in [2.45, 2.75) is 33.6 Å². The highest BCUT2D eigenvalue weighted by atomic mass is 16.5. The minimum Gasteiger partial charge on any atom is -0.469 e. The van der Waals surface area contributed by atoms with Gasteiger partial charge in [-0.15, -0.1) is 0 Å². The normalized spacial score (nSPS) is 25.9. The molecule has 1 saturated carbocycles. The van der Waals surface area contributed by atoms with Crippen molar-refractivity contribution >= 4 is 17.4 Å². The highest BCUT2D eigenvalue weighted by Gasteiger charge is 2.58. The summed E-state index contributed by atoms with van der Waals surface area (Å²) in [5, 5.41) is 0. The van der Waals surface area contributed by atoms with Gasteiger partial charge in [0.25, 0.3) is 0 Å². The number of anilines is 1. The summed E-state index contributed by atoms with van der Waals surface area (Å²) in [4.78, 5) is 27.2. The van der Waals surface area contributed by atoms with E-state index in [0.717, 1.165) is 5.69 Å². The predicted octanol–water partition coefficient (Wildman–Crippen LogP) is 3.55. The van der Waals surface area contributed by atoms with Crippen LogP contribution in [0, 0.1) is 16.7 Å². The largest absolute Gasteiger partial charge is 0.469 e. The Bertz CT molecular complexity index is 604. The zero-order valence-electron chi connectivity index (χ0n) is 15.0. The van der Waals surface area contributed by atoms with Crippen LogP contribution in [0.25, 0.3) is 0 Å². The number of benzene rings is 1. The second kappa shape index (κ2) is 5.99. The molecule has 0 unspecified atom stereocenters. The number of rotatable bonds is 4. The van der Waals surface area contributed by atoms with Crippen LogP contribution in [0.15, 0.2) is 24.3 Å². The van der Waals surface area contributed by atoms with E-state index in [1.807, 2.05) is 64.0 Å². The lowest BCUT2D eigenvalue weighted by molar-refractivity contribution is -0.157. The molecule has 23 heavy (non-hydrogen) atoms. The number of ketones is 1. The molecule has 1 aromatic rings. The van der Waals surface area contributed by atoms with E-state index < -0.39 is 10.8 Å². The number of ether oxygens (including phenoxy) is 1. The molecule has 1 aliphatic carbocycles. The van der Waals surface area contributed by atoms with Crippen LogP contribution in [0.1, 0.15) is 44.0 Å². The van der Waals surface area contributed by atoms with Gasteiger partial charge in [0.1, 0.15) is 0 Å². The van der Waals surface area contributed by atoms with Crippen LogP contribution >= 0.6 is 0 Å². The Labute approximate surface area is 138 Å². The lowest BCUT2D eigenvalue weighted by atomic mass is 9.64. The van der Waals surface area contributed by atoms with Crippen LogP contribution in [0.4, 0.5) is 5.69 Å². The van der Waals surface area contributed by atoms with Gasteiger partial charge in [-0.1, -0.05) is 13.8 Å². The van der Waals surface area contributed by atoms with E-state index in [-0.39, 0.29) is 17.7 Å². The fourth-order valence-corrected chi connectivity index (χ4v) is 3.67. The van der Waals surface area contributed by atoms with Gasteiger partial charge < -0.3 is 9.64 Å². The molecular weight excluding hydrogens is 290 g/mol. The lowest BCUT2D eigenvalue weighted by Crippen LogP contribution is -2.43. The summed E-state index contributed by atoms with van der Waals surface area (Å²) in [5.74, 6) is -0.273. The van der Waals surface area contributed by atoms with Crippen molar-refractivity contribution in [2.24, 2.45) is 16.7 Å². The summed E-state index contributed by atoms with van der Waals surface area (Å²) in [6.07, 6.45) is 1.39. The van der Waals surface area contributed by atoms with Gasteiger partial charge in [-0.05, 0) is 49.4 Å². The summed E-state index contributed by atoms with van der Waals surface area (Å²) in [6.45, 7) is 5.93. The van der Waals surface area contributed by atoms with Crippen molar-refractivity contribution in [3.63, 3.8) is 0 Å². The summed E-state index contributed by atoms with van der Waals surface area (Å²) < 4.78 is 4.99. The number of hydrogen-bond donors (Lipinski definition) is 0. The summed E-state index contributed by atoms with van der Waals surface area (Å²) >= 11 is 0. The number of nitrogens with zero attached hydrogens (tertiary/aromatic N) is 1. The fourth-order valence-electron chi connectivity index (χ4n) is 3.67. The molecule has 0 amide bonds. The predicted molar refractivity (Wildman–Crippen MR) is 91.7 cm³/mol. The molecule has 0 aromatic heterocycles.